The molecule has 2 aromatic rings. The van der Waals surface area contributed by atoms with Gasteiger partial charge in [0.15, 0.2) is 12.4 Å². The van der Waals surface area contributed by atoms with Crippen molar-refractivity contribution in [3.63, 3.8) is 0 Å². The lowest BCUT2D eigenvalue weighted by atomic mass is 10.1. The van der Waals surface area contributed by atoms with Crippen molar-refractivity contribution in [1.29, 1.82) is 0 Å². The Morgan fingerprint density at radius 2 is 1.62 bits per heavy atom. The molecule has 0 aliphatic heterocycles. The van der Waals surface area contributed by atoms with Crippen LogP contribution in [0.5, 0.6) is 0 Å². The number of benzene rings is 1. The molecule has 2 rings (SSSR count). The molecule has 0 saturated carbocycles. The summed E-state index contributed by atoms with van der Waals surface area (Å²) in [7, 11) is 2.03. The van der Waals surface area contributed by atoms with Crippen LogP contribution >= 0.6 is 0 Å². The van der Waals surface area contributed by atoms with Crippen LogP contribution < -0.4 is 4.57 Å². The lowest BCUT2D eigenvalue weighted by Gasteiger charge is -2.00. The average molecular weight is 210 g/mol. The molecular formula is C15H16N+. The maximum atomic E-state index is 2.20. The Balaban J connectivity index is 2.28. The van der Waals surface area contributed by atoms with Crippen LogP contribution in [-0.4, -0.2) is 0 Å². The van der Waals surface area contributed by atoms with Gasteiger partial charge in [0.05, 0.1) is 0 Å². The van der Waals surface area contributed by atoms with Crippen LogP contribution in [0.3, 0.4) is 0 Å². The summed E-state index contributed by atoms with van der Waals surface area (Å²) >= 11 is 0. The Bertz CT molecular complexity index is 481. The van der Waals surface area contributed by atoms with Gasteiger partial charge in [-0.15, -0.1) is 0 Å². The van der Waals surface area contributed by atoms with E-state index in [2.05, 4.69) is 61.8 Å². The maximum absolute atomic E-state index is 2.20. The molecule has 0 atom stereocenters. The normalized spacial score (nSPS) is 11.5. The largest absolute Gasteiger partial charge is 0.208 e. The molecule has 1 aromatic carbocycles. The van der Waals surface area contributed by atoms with Crippen molar-refractivity contribution >= 4 is 11.6 Å². The minimum absolute atomic E-state index is 1.24. The second kappa shape index (κ2) is 4.75. The zero-order chi connectivity index (χ0) is 11.4. The number of rotatable bonds is 2. The highest BCUT2D eigenvalue weighted by molar-refractivity contribution is 5.79. The van der Waals surface area contributed by atoms with Gasteiger partial charge in [0.1, 0.15) is 7.05 Å². The summed E-state index contributed by atoms with van der Waals surface area (Å²) in [5.74, 6) is 0. The molecular weight excluding hydrogens is 194 g/mol. The first-order valence-electron chi connectivity index (χ1n) is 5.45. The number of aromatic nitrogens is 1. The SMILES string of the molecule is C/C(=C\c1ccccc1)c1cc[n+](C)cc1. The number of allylic oxidation sites excluding steroid dienone is 1. The van der Waals surface area contributed by atoms with E-state index in [1.54, 1.807) is 0 Å². The molecule has 0 unspecified atom stereocenters. The Morgan fingerprint density at radius 3 is 2.25 bits per heavy atom. The van der Waals surface area contributed by atoms with Crippen molar-refractivity contribution in [3.05, 3.63) is 66.0 Å². The fourth-order valence-corrected chi connectivity index (χ4v) is 1.65. The van der Waals surface area contributed by atoms with Gasteiger partial charge < -0.3 is 0 Å². The van der Waals surface area contributed by atoms with E-state index in [-0.39, 0.29) is 0 Å². The number of pyridine rings is 1. The van der Waals surface area contributed by atoms with E-state index in [4.69, 9.17) is 0 Å². The Morgan fingerprint density at radius 1 is 1.00 bits per heavy atom. The van der Waals surface area contributed by atoms with E-state index >= 15 is 0 Å². The third-order valence-electron chi connectivity index (χ3n) is 2.62. The van der Waals surface area contributed by atoms with Crippen molar-refractivity contribution in [2.24, 2.45) is 7.05 Å². The Kier molecular flexibility index (Phi) is 3.16. The van der Waals surface area contributed by atoms with Crippen LogP contribution in [0.1, 0.15) is 18.1 Å². The van der Waals surface area contributed by atoms with E-state index in [9.17, 15) is 0 Å². The van der Waals surface area contributed by atoms with Gasteiger partial charge in [0, 0.05) is 12.1 Å². The third kappa shape index (κ3) is 2.57. The van der Waals surface area contributed by atoms with Crippen LogP contribution in [0.25, 0.3) is 11.6 Å². The molecule has 1 nitrogen and oxygen atoms in total. The number of nitrogens with zero attached hydrogens (tertiary/aromatic N) is 1. The van der Waals surface area contributed by atoms with Gasteiger partial charge in [-0.2, -0.15) is 0 Å². The number of aryl methyl sites for hydroxylation is 1. The topological polar surface area (TPSA) is 3.88 Å². The van der Waals surface area contributed by atoms with Crippen LogP contribution in [0.15, 0.2) is 54.9 Å². The molecule has 1 aromatic heterocycles. The van der Waals surface area contributed by atoms with Crippen LogP contribution in [0.2, 0.25) is 0 Å². The summed E-state index contributed by atoms with van der Waals surface area (Å²) in [6, 6.07) is 14.7. The number of hydrogen-bond acceptors (Lipinski definition) is 0. The molecule has 0 N–H and O–H groups in total. The Hall–Kier alpha value is -1.89. The van der Waals surface area contributed by atoms with Gasteiger partial charge in [-0.3, -0.25) is 0 Å². The molecule has 0 amide bonds. The molecule has 0 saturated heterocycles. The van der Waals surface area contributed by atoms with E-state index in [0.29, 0.717) is 0 Å². The minimum Gasteiger partial charge on any atom is -0.208 e. The average Bonchev–Trinajstić information content (AvgIpc) is 2.31. The first-order chi connectivity index (χ1) is 7.75. The minimum atomic E-state index is 1.24. The summed E-state index contributed by atoms with van der Waals surface area (Å²) in [5, 5.41) is 0. The van der Waals surface area contributed by atoms with E-state index in [0.717, 1.165) is 0 Å². The Labute approximate surface area is 96.7 Å². The van der Waals surface area contributed by atoms with Crippen LogP contribution in [0, 0.1) is 0 Å². The molecule has 0 radical (unpaired) electrons. The summed E-state index contributed by atoms with van der Waals surface area (Å²) < 4.78 is 2.04. The zero-order valence-corrected chi connectivity index (χ0v) is 9.72. The third-order valence-corrected chi connectivity index (χ3v) is 2.62. The van der Waals surface area contributed by atoms with Crippen molar-refractivity contribution in [3.8, 4) is 0 Å². The fraction of sp³-hybridized carbons (Fsp3) is 0.133. The standard InChI is InChI=1S/C15H16N/c1-13(12-14-6-4-3-5-7-14)15-8-10-16(2)11-9-15/h3-12H,1-2H3/q+1/b13-12+. The molecule has 0 aliphatic rings. The van der Waals surface area contributed by atoms with Gasteiger partial charge in [-0.1, -0.05) is 36.4 Å². The van der Waals surface area contributed by atoms with Crippen molar-refractivity contribution in [1.82, 2.24) is 0 Å². The maximum Gasteiger partial charge on any atom is 0.169 e. The first kappa shape index (κ1) is 10.6. The molecule has 80 valence electrons. The van der Waals surface area contributed by atoms with E-state index in [1.165, 1.54) is 16.7 Å². The molecule has 0 fully saturated rings. The van der Waals surface area contributed by atoms with Crippen LogP contribution in [0.4, 0.5) is 0 Å². The molecule has 0 aliphatic carbocycles. The highest BCUT2D eigenvalue weighted by Crippen LogP contribution is 2.15. The summed E-state index contributed by atoms with van der Waals surface area (Å²) in [6.07, 6.45) is 6.34. The van der Waals surface area contributed by atoms with Gasteiger partial charge in [0.2, 0.25) is 0 Å². The molecule has 1 heteroatoms. The first-order valence-corrected chi connectivity index (χ1v) is 5.45. The monoisotopic (exact) mass is 210 g/mol. The summed E-state index contributed by atoms with van der Waals surface area (Å²) in [5.41, 5.74) is 3.79. The lowest BCUT2D eigenvalue weighted by Crippen LogP contribution is -2.25. The summed E-state index contributed by atoms with van der Waals surface area (Å²) in [4.78, 5) is 0. The van der Waals surface area contributed by atoms with Gasteiger partial charge in [-0.05, 0) is 23.6 Å². The predicted octanol–water partition coefficient (Wildman–Crippen LogP) is 3.07. The van der Waals surface area contributed by atoms with Crippen molar-refractivity contribution < 1.29 is 4.57 Å². The number of hydrogen-bond donors (Lipinski definition) is 0. The molecule has 1 heterocycles. The van der Waals surface area contributed by atoms with Gasteiger partial charge in [0.25, 0.3) is 0 Å². The lowest BCUT2D eigenvalue weighted by molar-refractivity contribution is -0.671. The van der Waals surface area contributed by atoms with Gasteiger partial charge >= 0.3 is 0 Å². The smallest absolute Gasteiger partial charge is 0.169 e. The second-order valence-corrected chi connectivity index (χ2v) is 3.99. The molecule has 16 heavy (non-hydrogen) atoms. The fourth-order valence-electron chi connectivity index (χ4n) is 1.65. The predicted molar refractivity (Wildman–Crippen MR) is 67.6 cm³/mol. The van der Waals surface area contributed by atoms with Crippen molar-refractivity contribution in [2.75, 3.05) is 0 Å². The molecule has 0 bridgehead atoms. The zero-order valence-electron chi connectivity index (χ0n) is 9.72. The highest BCUT2D eigenvalue weighted by Gasteiger charge is 1.98. The molecule has 0 spiro atoms. The van der Waals surface area contributed by atoms with E-state index < -0.39 is 0 Å². The summed E-state index contributed by atoms with van der Waals surface area (Å²) in [6.45, 7) is 2.14. The van der Waals surface area contributed by atoms with Crippen molar-refractivity contribution in [2.45, 2.75) is 6.92 Å². The quantitative estimate of drug-likeness (QED) is 0.671. The highest BCUT2D eigenvalue weighted by atomic mass is 14.9. The van der Waals surface area contributed by atoms with E-state index in [1.807, 2.05) is 17.7 Å². The van der Waals surface area contributed by atoms with Gasteiger partial charge in [-0.25, -0.2) is 4.57 Å². The second-order valence-electron chi connectivity index (χ2n) is 3.99. The van der Waals surface area contributed by atoms with Crippen LogP contribution in [-0.2, 0) is 7.05 Å².